The third kappa shape index (κ3) is 3.76. The van der Waals surface area contributed by atoms with Gasteiger partial charge in [0.15, 0.2) is 0 Å². The summed E-state index contributed by atoms with van der Waals surface area (Å²) in [6.45, 7) is -0.162. The van der Waals surface area contributed by atoms with Gasteiger partial charge in [-0.05, 0) is 36.6 Å². The van der Waals surface area contributed by atoms with Crippen molar-refractivity contribution in [2.45, 2.75) is 31.6 Å². The van der Waals surface area contributed by atoms with Crippen molar-refractivity contribution in [3.63, 3.8) is 0 Å². The van der Waals surface area contributed by atoms with Crippen molar-refractivity contribution in [2.75, 3.05) is 7.11 Å². The molecule has 1 fully saturated rings. The molecule has 3 rings (SSSR count). The number of alkyl halides is 3. The molecule has 1 aliphatic rings. The minimum Gasteiger partial charge on any atom is -0.507 e. The second kappa shape index (κ2) is 6.90. The number of nitrogens with zero attached hydrogens (tertiary/aromatic N) is 1. The average molecular weight is 365 g/mol. The second-order valence-electron chi connectivity index (χ2n) is 6.20. The highest BCUT2D eigenvalue weighted by Crippen LogP contribution is 2.36. The fourth-order valence-corrected chi connectivity index (χ4v) is 2.85. The van der Waals surface area contributed by atoms with E-state index in [2.05, 4.69) is 0 Å². The molecular formula is C19H18F3NO3. The fraction of sp³-hybridized carbons (Fsp3) is 0.316. The van der Waals surface area contributed by atoms with Crippen LogP contribution in [-0.4, -0.2) is 29.1 Å². The van der Waals surface area contributed by atoms with Gasteiger partial charge in [-0.2, -0.15) is 13.2 Å². The minimum atomic E-state index is -4.49. The lowest BCUT2D eigenvalue weighted by Gasteiger charge is -2.25. The molecule has 0 aliphatic heterocycles. The van der Waals surface area contributed by atoms with Crippen LogP contribution in [0, 0.1) is 0 Å². The van der Waals surface area contributed by atoms with E-state index in [0.29, 0.717) is 5.75 Å². The number of phenolic OH excluding ortho intramolecular Hbond substituents is 1. The highest BCUT2D eigenvalue weighted by atomic mass is 19.4. The van der Waals surface area contributed by atoms with E-state index in [0.717, 1.165) is 18.9 Å². The Morgan fingerprint density at radius 1 is 1.23 bits per heavy atom. The van der Waals surface area contributed by atoms with Crippen molar-refractivity contribution < 1.29 is 27.8 Å². The van der Waals surface area contributed by atoms with Gasteiger partial charge in [0, 0.05) is 18.7 Å². The Labute approximate surface area is 148 Å². The number of methoxy groups -OCH3 is 1. The van der Waals surface area contributed by atoms with E-state index in [-0.39, 0.29) is 29.5 Å². The van der Waals surface area contributed by atoms with Crippen molar-refractivity contribution in [1.29, 1.82) is 0 Å². The molecule has 0 heterocycles. The molecule has 4 nitrogen and oxygen atoms in total. The van der Waals surface area contributed by atoms with Gasteiger partial charge in [0.2, 0.25) is 0 Å². The molecule has 0 radical (unpaired) electrons. The van der Waals surface area contributed by atoms with Crippen LogP contribution in [0.25, 0.3) is 0 Å². The van der Waals surface area contributed by atoms with Crippen molar-refractivity contribution in [3.8, 4) is 11.5 Å². The first-order valence-electron chi connectivity index (χ1n) is 8.14. The lowest BCUT2D eigenvalue weighted by atomic mass is 10.1. The Hall–Kier alpha value is -2.70. The lowest BCUT2D eigenvalue weighted by molar-refractivity contribution is -0.138. The topological polar surface area (TPSA) is 49.8 Å². The molecule has 0 unspecified atom stereocenters. The summed E-state index contributed by atoms with van der Waals surface area (Å²) in [7, 11) is 1.43. The van der Waals surface area contributed by atoms with E-state index in [1.165, 1.54) is 48.4 Å². The predicted molar refractivity (Wildman–Crippen MR) is 89.0 cm³/mol. The number of carbonyl (C=O) groups excluding carboxylic acids is 1. The van der Waals surface area contributed by atoms with E-state index in [1.807, 2.05) is 0 Å². The van der Waals surface area contributed by atoms with Gasteiger partial charge in [0.05, 0.1) is 18.2 Å². The molecule has 0 spiro atoms. The SMILES string of the molecule is COc1ccc(C(=O)N(Cc2ccccc2C(F)(F)F)C2CC2)c(O)c1. The number of halogens is 3. The van der Waals surface area contributed by atoms with E-state index < -0.39 is 17.6 Å². The Bertz CT molecular complexity index is 816. The molecule has 1 saturated carbocycles. The molecule has 0 saturated heterocycles. The Morgan fingerprint density at radius 3 is 2.50 bits per heavy atom. The normalized spacial score (nSPS) is 14.2. The monoisotopic (exact) mass is 365 g/mol. The Morgan fingerprint density at radius 2 is 1.92 bits per heavy atom. The zero-order valence-corrected chi connectivity index (χ0v) is 14.1. The van der Waals surface area contributed by atoms with Crippen molar-refractivity contribution in [1.82, 2.24) is 4.90 Å². The number of amides is 1. The number of hydrogen-bond acceptors (Lipinski definition) is 3. The number of phenols is 1. The van der Waals surface area contributed by atoms with E-state index in [4.69, 9.17) is 4.74 Å². The Balaban J connectivity index is 1.91. The zero-order chi connectivity index (χ0) is 18.9. The molecule has 7 heteroatoms. The van der Waals surface area contributed by atoms with Crippen LogP contribution in [0.2, 0.25) is 0 Å². The highest BCUT2D eigenvalue weighted by molar-refractivity contribution is 5.97. The molecule has 1 N–H and O–H groups in total. The van der Waals surface area contributed by atoms with Gasteiger partial charge in [-0.25, -0.2) is 0 Å². The smallest absolute Gasteiger partial charge is 0.416 e. The molecule has 0 aromatic heterocycles. The summed E-state index contributed by atoms with van der Waals surface area (Å²) >= 11 is 0. The molecule has 0 bridgehead atoms. The van der Waals surface area contributed by atoms with Gasteiger partial charge in [-0.3, -0.25) is 4.79 Å². The summed E-state index contributed by atoms with van der Waals surface area (Å²) in [4.78, 5) is 14.3. The fourth-order valence-electron chi connectivity index (χ4n) is 2.85. The van der Waals surface area contributed by atoms with Gasteiger partial charge in [0.1, 0.15) is 11.5 Å². The lowest BCUT2D eigenvalue weighted by Crippen LogP contribution is -2.33. The maximum absolute atomic E-state index is 13.2. The summed E-state index contributed by atoms with van der Waals surface area (Å²) in [5, 5.41) is 10.1. The number of hydrogen-bond donors (Lipinski definition) is 1. The van der Waals surface area contributed by atoms with Crippen molar-refractivity contribution in [2.24, 2.45) is 0 Å². The predicted octanol–water partition coefficient (Wildman–Crippen LogP) is 4.22. The van der Waals surface area contributed by atoms with Gasteiger partial charge >= 0.3 is 6.18 Å². The van der Waals surface area contributed by atoms with Gasteiger partial charge in [-0.15, -0.1) is 0 Å². The van der Waals surface area contributed by atoms with Crippen LogP contribution in [0.15, 0.2) is 42.5 Å². The summed E-state index contributed by atoms with van der Waals surface area (Å²) in [6.07, 6.45) is -3.02. The third-order valence-electron chi connectivity index (χ3n) is 4.35. The number of ether oxygens (including phenoxy) is 1. The van der Waals surface area contributed by atoms with Crippen LogP contribution in [-0.2, 0) is 12.7 Å². The average Bonchev–Trinajstić information content (AvgIpc) is 3.43. The molecule has 1 amide bonds. The number of rotatable bonds is 5. The standard InChI is InChI=1S/C19H18F3NO3/c1-26-14-8-9-15(17(24)10-14)18(25)23(13-6-7-13)11-12-4-2-3-5-16(12)19(20,21)22/h2-5,8-10,13,24H,6-7,11H2,1H3. The first-order chi connectivity index (χ1) is 12.3. The molecule has 2 aromatic rings. The summed E-state index contributed by atoms with van der Waals surface area (Å²) in [6, 6.07) is 9.36. The van der Waals surface area contributed by atoms with Crippen molar-refractivity contribution >= 4 is 5.91 Å². The van der Waals surface area contributed by atoms with Crippen LogP contribution < -0.4 is 4.74 Å². The minimum absolute atomic E-state index is 0.0354. The Kier molecular flexibility index (Phi) is 4.80. The maximum Gasteiger partial charge on any atom is 0.416 e. The summed E-state index contributed by atoms with van der Waals surface area (Å²) in [5.41, 5.74) is -0.673. The van der Waals surface area contributed by atoms with Crippen LogP contribution in [0.3, 0.4) is 0 Å². The number of aromatic hydroxyl groups is 1. The first-order valence-corrected chi connectivity index (χ1v) is 8.14. The summed E-state index contributed by atoms with van der Waals surface area (Å²) < 4.78 is 44.7. The first kappa shape index (κ1) is 18.1. The second-order valence-corrected chi connectivity index (χ2v) is 6.20. The number of benzene rings is 2. The number of carbonyl (C=O) groups is 1. The van der Waals surface area contributed by atoms with Crippen LogP contribution >= 0.6 is 0 Å². The zero-order valence-electron chi connectivity index (χ0n) is 14.1. The van der Waals surface area contributed by atoms with Crippen LogP contribution in [0.5, 0.6) is 11.5 Å². The molecular weight excluding hydrogens is 347 g/mol. The van der Waals surface area contributed by atoms with Crippen LogP contribution in [0.4, 0.5) is 13.2 Å². The molecule has 138 valence electrons. The quantitative estimate of drug-likeness (QED) is 0.863. The van der Waals surface area contributed by atoms with Gasteiger partial charge < -0.3 is 14.7 Å². The molecule has 1 aliphatic carbocycles. The largest absolute Gasteiger partial charge is 0.507 e. The highest BCUT2D eigenvalue weighted by Gasteiger charge is 2.37. The summed E-state index contributed by atoms with van der Waals surface area (Å²) in [5.74, 6) is -0.367. The van der Waals surface area contributed by atoms with E-state index in [1.54, 1.807) is 0 Å². The van der Waals surface area contributed by atoms with E-state index in [9.17, 15) is 23.1 Å². The molecule has 2 aromatic carbocycles. The van der Waals surface area contributed by atoms with Gasteiger partial charge in [0.25, 0.3) is 5.91 Å². The molecule has 26 heavy (non-hydrogen) atoms. The maximum atomic E-state index is 13.2. The van der Waals surface area contributed by atoms with Gasteiger partial charge in [-0.1, -0.05) is 18.2 Å². The third-order valence-corrected chi connectivity index (χ3v) is 4.35. The van der Waals surface area contributed by atoms with E-state index >= 15 is 0 Å². The van der Waals surface area contributed by atoms with Crippen molar-refractivity contribution in [3.05, 3.63) is 59.2 Å². The molecule has 0 atom stereocenters. The van der Waals surface area contributed by atoms with Crippen LogP contribution in [0.1, 0.15) is 34.3 Å².